The van der Waals surface area contributed by atoms with Crippen LogP contribution in [0.1, 0.15) is 68.8 Å². The molecule has 1 aliphatic carbocycles. The van der Waals surface area contributed by atoms with Crippen LogP contribution in [0, 0.1) is 11.3 Å². The van der Waals surface area contributed by atoms with Gasteiger partial charge >= 0.3 is 5.97 Å². The van der Waals surface area contributed by atoms with Crippen LogP contribution in [-0.4, -0.2) is 29.6 Å². The molecule has 146 valence electrons. The Bertz CT molecular complexity index is 685. The van der Waals surface area contributed by atoms with Gasteiger partial charge in [0.25, 0.3) is 5.91 Å². The first-order valence-corrected chi connectivity index (χ1v) is 9.50. The summed E-state index contributed by atoms with van der Waals surface area (Å²) in [5, 5.41) is 12.2. The third-order valence-corrected chi connectivity index (χ3v) is 4.71. The largest absolute Gasteiger partial charge is 0.449 e. The maximum atomic E-state index is 12.4. The van der Waals surface area contributed by atoms with Crippen LogP contribution in [0.5, 0.6) is 0 Å². The number of hydrogen-bond donors (Lipinski definition) is 1. The van der Waals surface area contributed by atoms with E-state index >= 15 is 0 Å². The number of benzene rings is 1. The maximum Gasteiger partial charge on any atom is 0.338 e. The van der Waals surface area contributed by atoms with Crippen molar-refractivity contribution in [2.24, 2.45) is 0 Å². The number of nitriles is 1. The highest BCUT2D eigenvalue weighted by atomic mass is 16.5. The van der Waals surface area contributed by atoms with E-state index in [0.29, 0.717) is 25.0 Å². The number of carbonyl (C=O) groups excluding carboxylic acids is 2. The fraction of sp³-hybridized carbons (Fsp3) is 0.571. The van der Waals surface area contributed by atoms with Crippen LogP contribution in [0.2, 0.25) is 0 Å². The van der Waals surface area contributed by atoms with Gasteiger partial charge in [-0.1, -0.05) is 31.4 Å². The third-order valence-electron chi connectivity index (χ3n) is 4.71. The van der Waals surface area contributed by atoms with Gasteiger partial charge < -0.3 is 14.8 Å². The van der Waals surface area contributed by atoms with Crippen molar-refractivity contribution in [2.75, 3.05) is 0 Å². The molecule has 0 aliphatic heterocycles. The summed E-state index contributed by atoms with van der Waals surface area (Å²) in [7, 11) is 0. The molecular formula is C21H28N2O4. The first-order valence-electron chi connectivity index (χ1n) is 9.50. The summed E-state index contributed by atoms with van der Waals surface area (Å²) in [6, 6.07) is 9.15. The highest BCUT2D eigenvalue weighted by molar-refractivity contribution is 5.92. The summed E-state index contributed by atoms with van der Waals surface area (Å²) < 4.78 is 10.8. The predicted octanol–water partition coefficient (Wildman–Crippen LogP) is 3.50. The van der Waals surface area contributed by atoms with Crippen molar-refractivity contribution in [1.29, 1.82) is 5.26 Å². The van der Waals surface area contributed by atoms with E-state index in [1.54, 1.807) is 24.3 Å². The number of carbonyl (C=O) groups is 2. The van der Waals surface area contributed by atoms with Crippen molar-refractivity contribution >= 4 is 11.9 Å². The summed E-state index contributed by atoms with van der Waals surface area (Å²) in [4.78, 5) is 24.7. The van der Waals surface area contributed by atoms with E-state index in [-0.39, 0.29) is 6.10 Å². The summed E-state index contributed by atoms with van der Waals surface area (Å²) >= 11 is 0. The van der Waals surface area contributed by atoms with Crippen molar-refractivity contribution in [3.05, 3.63) is 35.4 Å². The Hall–Kier alpha value is -2.39. The van der Waals surface area contributed by atoms with E-state index in [9.17, 15) is 14.9 Å². The van der Waals surface area contributed by atoms with E-state index in [0.717, 1.165) is 24.8 Å². The van der Waals surface area contributed by atoms with Gasteiger partial charge in [0.2, 0.25) is 0 Å². The van der Waals surface area contributed by atoms with Crippen LogP contribution < -0.4 is 5.32 Å². The van der Waals surface area contributed by atoms with Gasteiger partial charge in [0.15, 0.2) is 6.10 Å². The standard InChI is InChI=1S/C21H28N2O4/c1-15(2)26-13-17-7-9-18(10-8-17)20(25)27-16(3)19(24)23-21(14-22)11-5-4-6-12-21/h7-10,15-16H,4-6,11-13H2,1-3H3,(H,23,24)/t16-/m0/s1. The minimum absolute atomic E-state index is 0.134. The van der Waals surface area contributed by atoms with E-state index < -0.39 is 23.5 Å². The first kappa shape index (κ1) is 20.9. The fourth-order valence-corrected chi connectivity index (χ4v) is 3.04. The Kier molecular flexibility index (Phi) is 7.37. The average Bonchev–Trinajstić information content (AvgIpc) is 2.67. The zero-order valence-electron chi connectivity index (χ0n) is 16.3. The highest BCUT2D eigenvalue weighted by Crippen LogP contribution is 2.27. The third kappa shape index (κ3) is 6.07. The molecule has 1 saturated carbocycles. The monoisotopic (exact) mass is 372 g/mol. The number of nitrogens with one attached hydrogen (secondary N) is 1. The Morgan fingerprint density at radius 1 is 1.15 bits per heavy atom. The average molecular weight is 372 g/mol. The van der Waals surface area contributed by atoms with Gasteiger partial charge in [0, 0.05) is 0 Å². The summed E-state index contributed by atoms with van der Waals surface area (Å²) in [5.74, 6) is -1.00. The second-order valence-electron chi connectivity index (χ2n) is 7.35. The van der Waals surface area contributed by atoms with Crippen molar-refractivity contribution < 1.29 is 19.1 Å². The fourth-order valence-electron chi connectivity index (χ4n) is 3.04. The molecule has 0 spiro atoms. The van der Waals surface area contributed by atoms with Gasteiger partial charge in [-0.15, -0.1) is 0 Å². The van der Waals surface area contributed by atoms with E-state index in [2.05, 4.69) is 11.4 Å². The van der Waals surface area contributed by atoms with Crippen molar-refractivity contribution in [1.82, 2.24) is 5.32 Å². The van der Waals surface area contributed by atoms with Crippen LogP contribution in [-0.2, 0) is 20.9 Å². The lowest BCUT2D eigenvalue weighted by atomic mass is 9.83. The molecule has 0 saturated heterocycles. The highest BCUT2D eigenvalue weighted by Gasteiger charge is 2.35. The molecule has 0 bridgehead atoms. The zero-order chi connectivity index (χ0) is 19.9. The van der Waals surface area contributed by atoms with Gasteiger partial charge in [0.1, 0.15) is 5.54 Å². The second-order valence-corrected chi connectivity index (χ2v) is 7.35. The van der Waals surface area contributed by atoms with Gasteiger partial charge in [0.05, 0.1) is 24.3 Å². The van der Waals surface area contributed by atoms with Crippen molar-refractivity contribution in [2.45, 2.75) is 77.2 Å². The molecule has 2 rings (SSSR count). The van der Waals surface area contributed by atoms with Gasteiger partial charge in [-0.3, -0.25) is 4.79 Å². The molecule has 1 aromatic rings. The number of nitrogens with zero attached hydrogens (tertiary/aromatic N) is 1. The molecule has 0 aromatic heterocycles. The SMILES string of the molecule is CC(C)OCc1ccc(C(=O)O[C@@H](C)C(=O)NC2(C#N)CCCCC2)cc1. The van der Waals surface area contributed by atoms with Crippen LogP contribution in [0.4, 0.5) is 0 Å². The normalized spacial score (nSPS) is 17.0. The lowest BCUT2D eigenvalue weighted by Gasteiger charge is -2.32. The number of amides is 1. The molecule has 1 aliphatic rings. The topological polar surface area (TPSA) is 88.4 Å². The van der Waals surface area contributed by atoms with Gasteiger partial charge in [-0.2, -0.15) is 5.26 Å². The van der Waals surface area contributed by atoms with Crippen LogP contribution in [0.15, 0.2) is 24.3 Å². The molecule has 1 N–H and O–H groups in total. The lowest BCUT2D eigenvalue weighted by molar-refractivity contribution is -0.130. The van der Waals surface area contributed by atoms with Crippen LogP contribution in [0.3, 0.4) is 0 Å². The molecule has 0 unspecified atom stereocenters. The van der Waals surface area contributed by atoms with E-state index in [1.807, 2.05) is 13.8 Å². The lowest BCUT2D eigenvalue weighted by Crippen LogP contribution is -2.52. The summed E-state index contributed by atoms with van der Waals surface area (Å²) in [5.41, 5.74) is 0.489. The second kappa shape index (κ2) is 9.52. The molecule has 27 heavy (non-hydrogen) atoms. The van der Waals surface area contributed by atoms with Crippen molar-refractivity contribution in [3.8, 4) is 6.07 Å². The Balaban J connectivity index is 1.90. The zero-order valence-corrected chi connectivity index (χ0v) is 16.3. The maximum absolute atomic E-state index is 12.4. The van der Waals surface area contributed by atoms with Gasteiger partial charge in [-0.25, -0.2) is 4.79 Å². The Labute approximate surface area is 160 Å². The number of rotatable bonds is 7. The molecule has 0 radical (unpaired) electrons. The molecule has 1 fully saturated rings. The first-order chi connectivity index (χ1) is 12.8. The van der Waals surface area contributed by atoms with Gasteiger partial charge in [-0.05, 0) is 51.3 Å². The predicted molar refractivity (Wildman–Crippen MR) is 101 cm³/mol. The molecule has 1 amide bonds. The minimum atomic E-state index is -0.964. The van der Waals surface area contributed by atoms with E-state index in [1.165, 1.54) is 6.92 Å². The molecular weight excluding hydrogens is 344 g/mol. The molecule has 1 aromatic carbocycles. The Morgan fingerprint density at radius 3 is 2.33 bits per heavy atom. The van der Waals surface area contributed by atoms with Crippen LogP contribution in [0.25, 0.3) is 0 Å². The molecule has 6 nitrogen and oxygen atoms in total. The molecule has 0 heterocycles. The number of ether oxygens (including phenoxy) is 2. The molecule has 6 heteroatoms. The van der Waals surface area contributed by atoms with Crippen molar-refractivity contribution in [3.63, 3.8) is 0 Å². The quantitative estimate of drug-likeness (QED) is 0.740. The summed E-state index contributed by atoms with van der Waals surface area (Å²) in [6.45, 7) is 5.91. The van der Waals surface area contributed by atoms with E-state index in [4.69, 9.17) is 9.47 Å². The summed E-state index contributed by atoms with van der Waals surface area (Å²) in [6.07, 6.45) is 3.33. The minimum Gasteiger partial charge on any atom is -0.449 e. The van der Waals surface area contributed by atoms with Crippen LogP contribution >= 0.6 is 0 Å². The number of hydrogen-bond acceptors (Lipinski definition) is 5. The smallest absolute Gasteiger partial charge is 0.338 e. The molecule has 1 atom stereocenters. The number of esters is 1. The Morgan fingerprint density at radius 2 is 1.78 bits per heavy atom.